The van der Waals surface area contributed by atoms with Gasteiger partial charge in [-0.3, -0.25) is 9.89 Å². The van der Waals surface area contributed by atoms with Crippen LogP contribution < -0.4 is 10.1 Å². The van der Waals surface area contributed by atoms with Gasteiger partial charge < -0.3 is 14.5 Å². The maximum atomic E-state index is 12.5. The molecule has 6 nitrogen and oxygen atoms in total. The van der Waals surface area contributed by atoms with Gasteiger partial charge in [-0.2, -0.15) is 5.10 Å². The van der Waals surface area contributed by atoms with Crippen LogP contribution in [0, 0.1) is 0 Å². The lowest BCUT2D eigenvalue weighted by Gasteiger charge is -2.05. The minimum Gasteiger partial charge on any atom is -0.493 e. The zero-order chi connectivity index (χ0) is 17.2. The van der Waals surface area contributed by atoms with E-state index < -0.39 is 0 Å². The number of para-hydroxylation sites is 1. The number of aromatic nitrogens is 2. The van der Waals surface area contributed by atoms with Gasteiger partial charge in [0.1, 0.15) is 0 Å². The topological polar surface area (TPSA) is 80.1 Å². The number of aromatic amines is 1. The van der Waals surface area contributed by atoms with E-state index >= 15 is 0 Å². The van der Waals surface area contributed by atoms with Crippen molar-refractivity contribution in [2.75, 3.05) is 12.4 Å². The molecule has 0 atom stereocenters. The van der Waals surface area contributed by atoms with Gasteiger partial charge in [-0.25, -0.2) is 0 Å². The summed E-state index contributed by atoms with van der Waals surface area (Å²) < 4.78 is 10.9. The van der Waals surface area contributed by atoms with Gasteiger partial charge in [0.2, 0.25) is 0 Å². The minimum absolute atomic E-state index is 0.228. The Kier molecular flexibility index (Phi) is 3.70. The van der Waals surface area contributed by atoms with E-state index in [2.05, 4.69) is 15.5 Å². The smallest absolute Gasteiger partial charge is 0.291 e. The van der Waals surface area contributed by atoms with Crippen molar-refractivity contribution < 1.29 is 13.9 Å². The van der Waals surface area contributed by atoms with Gasteiger partial charge in [0, 0.05) is 22.8 Å². The molecule has 6 heteroatoms. The van der Waals surface area contributed by atoms with E-state index in [1.54, 1.807) is 25.4 Å². The van der Waals surface area contributed by atoms with E-state index in [0.29, 0.717) is 17.0 Å². The number of furan rings is 1. The van der Waals surface area contributed by atoms with Crippen molar-refractivity contribution >= 4 is 22.6 Å². The van der Waals surface area contributed by atoms with Crippen molar-refractivity contribution in [3.05, 3.63) is 66.6 Å². The molecule has 124 valence electrons. The second kappa shape index (κ2) is 6.16. The number of anilines is 1. The average Bonchev–Trinajstić information content (AvgIpc) is 3.31. The Morgan fingerprint density at radius 3 is 2.84 bits per heavy atom. The Morgan fingerprint density at radius 1 is 1.16 bits per heavy atom. The lowest BCUT2D eigenvalue weighted by molar-refractivity contribution is 0.0998. The Balaban J connectivity index is 1.61. The molecule has 2 aromatic heterocycles. The van der Waals surface area contributed by atoms with Crippen LogP contribution in [-0.4, -0.2) is 23.2 Å². The number of benzene rings is 2. The summed E-state index contributed by atoms with van der Waals surface area (Å²) in [4.78, 5) is 12.5. The summed E-state index contributed by atoms with van der Waals surface area (Å²) in [7, 11) is 1.57. The molecule has 0 aliphatic heterocycles. The number of hydrogen-bond acceptors (Lipinski definition) is 4. The van der Waals surface area contributed by atoms with Crippen molar-refractivity contribution in [2.24, 2.45) is 0 Å². The molecule has 4 aromatic rings. The van der Waals surface area contributed by atoms with Crippen molar-refractivity contribution in [1.29, 1.82) is 0 Å². The maximum Gasteiger partial charge on any atom is 0.291 e. The van der Waals surface area contributed by atoms with E-state index in [1.807, 2.05) is 42.5 Å². The molecule has 2 heterocycles. The van der Waals surface area contributed by atoms with Crippen LogP contribution in [0.25, 0.3) is 22.2 Å². The van der Waals surface area contributed by atoms with Crippen LogP contribution in [-0.2, 0) is 0 Å². The number of carbonyl (C=O) groups is 1. The van der Waals surface area contributed by atoms with E-state index in [-0.39, 0.29) is 11.7 Å². The Hall–Kier alpha value is -3.54. The molecule has 1 amide bonds. The van der Waals surface area contributed by atoms with Crippen molar-refractivity contribution in [1.82, 2.24) is 10.2 Å². The van der Waals surface area contributed by atoms with Crippen LogP contribution in [0.1, 0.15) is 10.6 Å². The second-order valence-electron chi connectivity index (χ2n) is 5.49. The third-order valence-corrected chi connectivity index (χ3v) is 3.88. The van der Waals surface area contributed by atoms with Crippen LogP contribution in [0.15, 0.2) is 65.2 Å². The van der Waals surface area contributed by atoms with Gasteiger partial charge in [0.15, 0.2) is 17.1 Å². The number of H-pyrrole nitrogens is 1. The first-order valence-corrected chi connectivity index (χ1v) is 7.72. The molecule has 0 unspecified atom stereocenters. The number of nitrogens with zero attached hydrogens (tertiary/aromatic N) is 1. The van der Waals surface area contributed by atoms with Crippen molar-refractivity contribution in [3.8, 4) is 17.0 Å². The van der Waals surface area contributed by atoms with Gasteiger partial charge >= 0.3 is 0 Å². The number of rotatable bonds is 4. The molecule has 0 bridgehead atoms. The Labute approximate surface area is 143 Å². The summed E-state index contributed by atoms with van der Waals surface area (Å²) in [5, 5.41) is 10.5. The standard InChI is InChI=1S/C19H15N3O3/c1-24-16-7-3-5-13-11-17(25-18(13)16)19(23)21-14-6-2-4-12(10-14)15-8-9-20-22-15/h2-11H,1H3,(H,20,22)(H,21,23). The average molecular weight is 333 g/mol. The normalized spacial score (nSPS) is 10.8. The van der Waals surface area contributed by atoms with Gasteiger partial charge in [-0.15, -0.1) is 0 Å². The molecule has 0 aliphatic carbocycles. The molecular formula is C19H15N3O3. The van der Waals surface area contributed by atoms with Crippen LogP contribution in [0.4, 0.5) is 5.69 Å². The molecule has 25 heavy (non-hydrogen) atoms. The zero-order valence-corrected chi connectivity index (χ0v) is 13.4. The van der Waals surface area contributed by atoms with Gasteiger partial charge in [0.25, 0.3) is 5.91 Å². The van der Waals surface area contributed by atoms with Crippen LogP contribution in [0.5, 0.6) is 5.75 Å². The summed E-state index contributed by atoms with van der Waals surface area (Å²) in [6, 6.07) is 16.6. The molecule has 2 aromatic carbocycles. The number of methoxy groups -OCH3 is 1. The second-order valence-corrected chi connectivity index (χ2v) is 5.49. The van der Waals surface area contributed by atoms with Gasteiger partial charge in [-0.1, -0.05) is 24.3 Å². The molecule has 2 N–H and O–H groups in total. The molecule has 4 rings (SSSR count). The SMILES string of the molecule is COc1cccc2cc(C(=O)Nc3cccc(-c4ccn[nH]4)c3)oc12. The fourth-order valence-corrected chi connectivity index (χ4v) is 2.68. The summed E-state index contributed by atoms with van der Waals surface area (Å²) in [6.45, 7) is 0. The first-order chi connectivity index (χ1) is 12.2. The summed E-state index contributed by atoms with van der Waals surface area (Å²) in [6.07, 6.45) is 1.68. The third kappa shape index (κ3) is 2.85. The monoisotopic (exact) mass is 333 g/mol. The third-order valence-electron chi connectivity index (χ3n) is 3.88. The highest BCUT2D eigenvalue weighted by Crippen LogP contribution is 2.29. The van der Waals surface area contributed by atoms with E-state index in [1.165, 1.54) is 0 Å². The van der Waals surface area contributed by atoms with Crippen molar-refractivity contribution in [3.63, 3.8) is 0 Å². The molecule has 0 saturated heterocycles. The van der Waals surface area contributed by atoms with E-state index in [4.69, 9.17) is 9.15 Å². The Morgan fingerprint density at radius 2 is 2.04 bits per heavy atom. The predicted octanol–water partition coefficient (Wildman–Crippen LogP) is 4.08. The number of amides is 1. The summed E-state index contributed by atoms with van der Waals surface area (Å²) in [5.41, 5.74) is 3.04. The Bertz CT molecular complexity index is 1040. The van der Waals surface area contributed by atoms with Crippen LogP contribution >= 0.6 is 0 Å². The van der Waals surface area contributed by atoms with Gasteiger partial charge in [-0.05, 0) is 30.3 Å². The maximum absolute atomic E-state index is 12.5. The number of ether oxygens (including phenoxy) is 1. The van der Waals surface area contributed by atoms with E-state index in [0.717, 1.165) is 16.6 Å². The highest BCUT2D eigenvalue weighted by molar-refractivity contribution is 6.05. The fraction of sp³-hybridized carbons (Fsp3) is 0.0526. The lowest BCUT2D eigenvalue weighted by atomic mass is 10.1. The minimum atomic E-state index is -0.319. The quantitative estimate of drug-likeness (QED) is 0.589. The predicted molar refractivity (Wildman–Crippen MR) is 94.7 cm³/mol. The number of nitrogens with one attached hydrogen (secondary N) is 2. The van der Waals surface area contributed by atoms with Crippen molar-refractivity contribution in [2.45, 2.75) is 0 Å². The van der Waals surface area contributed by atoms with Crippen LogP contribution in [0.2, 0.25) is 0 Å². The van der Waals surface area contributed by atoms with Crippen LogP contribution in [0.3, 0.4) is 0 Å². The van der Waals surface area contributed by atoms with Gasteiger partial charge in [0.05, 0.1) is 12.8 Å². The lowest BCUT2D eigenvalue weighted by Crippen LogP contribution is -2.10. The highest BCUT2D eigenvalue weighted by Gasteiger charge is 2.15. The highest BCUT2D eigenvalue weighted by atomic mass is 16.5. The molecular weight excluding hydrogens is 318 g/mol. The summed E-state index contributed by atoms with van der Waals surface area (Å²) >= 11 is 0. The first-order valence-electron chi connectivity index (χ1n) is 7.72. The van der Waals surface area contributed by atoms with E-state index in [9.17, 15) is 4.79 Å². The fourth-order valence-electron chi connectivity index (χ4n) is 2.68. The molecule has 0 spiro atoms. The number of fused-ring (bicyclic) bond motifs is 1. The zero-order valence-electron chi connectivity index (χ0n) is 13.4. The molecule has 0 aliphatic rings. The first kappa shape index (κ1) is 15.0. The summed E-state index contributed by atoms with van der Waals surface area (Å²) in [5.74, 6) is 0.504. The number of carbonyl (C=O) groups excluding carboxylic acids is 1. The number of hydrogen-bond donors (Lipinski definition) is 2. The molecule has 0 saturated carbocycles. The molecule has 0 radical (unpaired) electrons. The molecule has 0 fully saturated rings. The largest absolute Gasteiger partial charge is 0.493 e.